The molecule has 0 spiro atoms. The molecule has 0 atom stereocenters. The largest absolute Gasteiger partial charge is 0.573 e. The van der Waals surface area contributed by atoms with Crippen LogP contribution >= 0.6 is 0 Å². The zero-order valence-electron chi connectivity index (χ0n) is 7.73. The minimum absolute atomic E-state index is 0.148. The van der Waals surface area contributed by atoms with Crippen LogP contribution in [0.4, 0.5) is 13.2 Å². The Bertz CT molecular complexity index is 391. The number of ether oxygens (including phenoxy) is 1. The summed E-state index contributed by atoms with van der Waals surface area (Å²) in [7, 11) is -1.98. The summed E-state index contributed by atoms with van der Waals surface area (Å²) >= 11 is 0. The van der Waals surface area contributed by atoms with Gasteiger partial charge in [-0.25, -0.2) is 0 Å². The molecule has 0 aliphatic heterocycles. The maximum Gasteiger partial charge on any atom is 0.573 e. The Morgan fingerprint density at radius 1 is 1.25 bits per heavy atom. The van der Waals surface area contributed by atoms with Gasteiger partial charge in [-0.05, 0) is 17.6 Å². The van der Waals surface area contributed by atoms with E-state index in [9.17, 15) is 18.0 Å². The molecule has 0 saturated heterocycles. The van der Waals surface area contributed by atoms with Crippen LogP contribution in [-0.2, 0) is 0 Å². The smallest absolute Gasteiger partial charge is 0.423 e. The van der Waals surface area contributed by atoms with Gasteiger partial charge in [0.15, 0.2) is 0 Å². The van der Waals surface area contributed by atoms with Crippen molar-refractivity contribution in [1.29, 1.82) is 0 Å². The Morgan fingerprint density at radius 2 is 1.88 bits per heavy atom. The molecule has 0 bridgehead atoms. The van der Waals surface area contributed by atoms with Crippen LogP contribution in [0.2, 0.25) is 0 Å². The van der Waals surface area contributed by atoms with Crippen LogP contribution in [0.25, 0.3) is 0 Å². The molecule has 86 valence electrons. The van der Waals surface area contributed by atoms with E-state index in [1.165, 1.54) is 0 Å². The highest BCUT2D eigenvalue weighted by molar-refractivity contribution is 6.58. The molecule has 0 radical (unpaired) electrons. The first-order valence-corrected chi connectivity index (χ1v) is 4.04. The quantitative estimate of drug-likeness (QED) is 0.573. The first-order valence-electron chi connectivity index (χ1n) is 4.04. The third-order valence-electron chi connectivity index (χ3n) is 1.62. The van der Waals surface area contributed by atoms with Crippen molar-refractivity contribution in [2.75, 3.05) is 0 Å². The summed E-state index contributed by atoms with van der Waals surface area (Å²) in [5.74, 6) is -0.680. The summed E-state index contributed by atoms with van der Waals surface area (Å²) in [4.78, 5) is 10.4. The van der Waals surface area contributed by atoms with Gasteiger partial charge in [0.2, 0.25) is 0 Å². The monoisotopic (exact) mass is 234 g/mol. The zero-order chi connectivity index (χ0) is 12.3. The van der Waals surface area contributed by atoms with Crippen molar-refractivity contribution in [3.63, 3.8) is 0 Å². The minimum atomic E-state index is -4.90. The molecule has 2 N–H and O–H groups in total. The van der Waals surface area contributed by atoms with Gasteiger partial charge in [0.25, 0.3) is 0 Å². The van der Waals surface area contributed by atoms with Crippen LogP contribution in [-0.4, -0.2) is 29.8 Å². The summed E-state index contributed by atoms with van der Waals surface area (Å²) in [6.07, 6.45) is -4.63. The van der Waals surface area contributed by atoms with Gasteiger partial charge in [0.05, 0.1) is 0 Å². The number of halogens is 3. The van der Waals surface area contributed by atoms with Crippen LogP contribution < -0.4 is 10.2 Å². The standard InChI is InChI=1S/C8H6BF3O4/c10-8(11,12)16-7-2-5(4-13)1-6(3-7)9(14)15/h1-4,14-15H. The number of rotatable bonds is 3. The lowest BCUT2D eigenvalue weighted by Crippen LogP contribution is -2.30. The van der Waals surface area contributed by atoms with E-state index in [2.05, 4.69) is 4.74 Å². The van der Waals surface area contributed by atoms with Crippen molar-refractivity contribution in [1.82, 2.24) is 0 Å². The minimum Gasteiger partial charge on any atom is -0.423 e. The molecule has 1 aromatic carbocycles. The van der Waals surface area contributed by atoms with Crippen molar-refractivity contribution < 1.29 is 32.8 Å². The normalized spacial score (nSPS) is 11.1. The van der Waals surface area contributed by atoms with Gasteiger partial charge in [0.1, 0.15) is 12.0 Å². The van der Waals surface area contributed by atoms with E-state index in [0.717, 1.165) is 18.2 Å². The molecule has 8 heteroatoms. The van der Waals surface area contributed by atoms with Gasteiger partial charge in [-0.1, -0.05) is 6.07 Å². The maximum absolute atomic E-state index is 11.9. The lowest BCUT2D eigenvalue weighted by atomic mass is 9.79. The number of alkyl halides is 3. The SMILES string of the molecule is O=Cc1cc(OC(F)(F)F)cc(B(O)O)c1. The molecule has 0 amide bonds. The molecule has 1 rings (SSSR count). The van der Waals surface area contributed by atoms with Crippen molar-refractivity contribution in [3.8, 4) is 5.75 Å². The Morgan fingerprint density at radius 3 is 2.31 bits per heavy atom. The third-order valence-corrected chi connectivity index (χ3v) is 1.62. The lowest BCUT2D eigenvalue weighted by Gasteiger charge is -2.10. The van der Waals surface area contributed by atoms with E-state index < -0.39 is 19.2 Å². The molecule has 1 aromatic rings. The summed E-state index contributed by atoms with van der Waals surface area (Å²) in [6.45, 7) is 0. The number of carbonyl (C=O) groups is 1. The second-order valence-corrected chi connectivity index (χ2v) is 2.87. The molecular formula is C8H6BF3O4. The van der Waals surface area contributed by atoms with E-state index in [1.807, 2.05) is 0 Å². The molecule has 0 aromatic heterocycles. The van der Waals surface area contributed by atoms with Gasteiger partial charge in [-0.2, -0.15) is 0 Å². The van der Waals surface area contributed by atoms with E-state index in [1.54, 1.807) is 0 Å². The number of benzene rings is 1. The van der Waals surface area contributed by atoms with Gasteiger partial charge in [-0.15, -0.1) is 13.2 Å². The fraction of sp³-hybridized carbons (Fsp3) is 0.125. The van der Waals surface area contributed by atoms with Crippen molar-refractivity contribution in [2.45, 2.75) is 6.36 Å². The van der Waals surface area contributed by atoms with Gasteiger partial charge in [-0.3, -0.25) is 4.79 Å². The number of hydrogen-bond acceptors (Lipinski definition) is 4. The molecule has 0 saturated carbocycles. The van der Waals surface area contributed by atoms with E-state index in [4.69, 9.17) is 10.0 Å². The highest BCUT2D eigenvalue weighted by atomic mass is 19.4. The van der Waals surface area contributed by atoms with Crippen molar-refractivity contribution in [2.24, 2.45) is 0 Å². The summed E-state index contributed by atoms with van der Waals surface area (Å²) in [6, 6.07) is 2.67. The van der Waals surface area contributed by atoms with Gasteiger partial charge in [0, 0.05) is 5.56 Å². The fourth-order valence-corrected chi connectivity index (χ4v) is 1.06. The van der Waals surface area contributed by atoms with E-state index in [0.29, 0.717) is 0 Å². The summed E-state index contributed by atoms with van der Waals surface area (Å²) in [5, 5.41) is 17.5. The number of hydrogen-bond donors (Lipinski definition) is 2. The molecular weight excluding hydrogens is 228 g/mol. The number of aldehydes is 1. The van der Waals surface area contributed by atoms with Gasteiger partial charge >= 0.3 is 13.5 Å². The Balaban J connectivity index is 3.09. The fourth-order valence-electron chi connectivity index (χ4n) is 1.06. The Kier molecular flexibility index (Phi) is 3.56. The molecule has 0 aliphatic carbocycles. The topological polar surface area (TPSA) is 66.8 Å². The molecule has 0 aliphatic rings. The summed E-state index contributed by atoms with van der Waals surface area (Å²) < 4.78 is 39.2. The molecule has 0 heterocycles. The first-order chi connectivity index (χ1) is 7.31. The second-order valence-electron chi connectivity index (χ2n) is 2.87. The Labute approximate surface area is 88.4 Å². The molecule has 0 unspecified atom stereocenters. The molecule has 16 heavy (non-hydrogen) atoms. The highest BCUT2D eigenvalue weighted by Crippen LogP contribution is 2.22. The zero-order valence-corrected chi connectivity index (χ0v) is 7.73. The highest BCUT2D eigenvalue weighted by Gasteiger charge is 2.31. The van der Waals surface area contributed by atoms with Crippen LogP contribution in [0.1, 0.15) is 10.4 Å². The van der Waals surface area contributed by atoms with Gasteiger partial charge < -0.3 is 14.8 Å². The average Bonchev–Trinajstić information content (AvgIpc) is 2.14. The second kappa shape index (κ2) is 4.54. The molecule has 0 fully saturated rings. The predicted molar refractivity (Wildman–Crippen MR) is 48.3 cm³/mol. The lowest BCUT2D eigenvalue weighted by molar-refractivity contribution is -0.274. The third kappa shape index (κ3) is 3.56. The average molecular weight is 234 g/mol. The molecule has 4 nitrogen and oxygen atoms in total. The van der Waals surface area contributed by atoms with Crippen molar-refractivity contribution >= 4 is 18.9 Å². The van der Waals surface area contributed by atoms with E-state index >= 15 is 0 Å². The van der Waals surface area contributed by atoms with Crippen molar-refractivity contribution in [3.05, 3.63) is 23.8 Å². The van der Waals surface area contributed by atoms with E-state index in [-0.39, 0.29) is 17.3 Å². The van der Waals surface area contributed by atoms with Crippen LogP contribution in [0.5, 0.6) is 5.75 Å². The Hall–Kier alpha value is -1.54. The van der Waals surface area contributed by atoms with Crippen LogP contribution in [0, 0.1) is 0 Å². The first kappa shape index (κ1) is 12.5. The maximum atomic E-state index is 11.9. The predicted octanol–water partition coefficient (Wildman–Crippen LogP) is 0.0775. The summed E-state index contributed by atoms with van der Waals surface area (Å²) in [5.41, 5.74) is -0.409. The number of carbonyl (C=O) groups excluding carboxylic acids is 1. The van der Waals surface area contributed by atoms with Crippen LogP contribution in [0.3, 0.4) is 0 Å². The van der Waals surface area contributed by atoms with Crippen LogP contribution in [0.15, 0.2) is 18.2 Å².